The standard InChI is InChI=1S/C13H14F3N3/c14-13(15,16)11-3-1-2-4-12(11)19-8-7-18-10(9-19)5-6-17/h1-4,10,18H,5,7-9H2. The van der Waals surface area contributed by atoms with Crippen molar-refractivity contribution in [2.75, 3.05) is 24.5 Å². The van der Waals surface area contributed by atoms with Crippen molar-refractivity contribution in [1.29, 1.82) is 5.26 Å². The smallest absolute Gasteiger partial charge is 0.368 e. The molecule has 102 valence electrons. The minimum atomic E-state index is -4.35. The zero-order valence-electron chi connectivity index (χ0n) is 10.2. The Morgan fingerprint density at radius 1 is 1.37 bits per heavy atom. The normalized spacial score (nSPS) is 20.1. The number of nitriles is 1. The molecule has 0 aromatic heterocycles. The third-order valence-electron chi connectivity index (χ3n) is 3.14. The molecule has 0 aliphatic carbocycles. The maximum absolute atomic E-state index is 13.0. The van der Waals surface area contributed by atoms with Gasteiger partial charge in [0.15, 0.2) is 0 Å². The number of rotatable bonds is 2. The van der Waals surface area contributed by atoms with E-state index in [-0.39, 0.29) is 11.7 Å². The Bertz CT molecular complexity index is 479. The van der Waals surface area contributed by atoms with Crippen molar-refractivity contribution in [2.45, 2.75) is 18.6 Å². The van der Waals surface area contributed by atoms with Crippen molar-refractivity contribution in [3.63, 3.8) is 0 Å². The van der Waals surface area contributed by atoms with E-state index in [0.717, 1.165) is 6.07 Å². The Kier molecular flexibility index (Phi) is 3.96. The fourth-order valence-corrected chi connectivity index (χ4v) is 2.28. The molecule has 1 atom stereocenters. The Labute approximate surface area is 109 Å². The highest BCUT2D eigenvalue weighted by Crippen LogP contribution is 2.36. The van der Waals surface area contributed by atoms with Crippen LogP contribution in [0.2, 0.25) is 0 Å². The van der Waals surface area contributed by atoms with Gasteiger partial charge in [0.1, 0.15) is 0 Å². The van der Waals surface area contributed by atoms with E-state index in [4.69, 9.17) is 5.26 Å². The predicted octanol–water partition coefficient (Wildman–Crippen LogP) is 2.40. The molecular formula is C13H14F3N3. The second kappa shape index (κ2) is 5.49. The Morgan fingerprint density at radius 3 is 2.79 bits per heavy atom. The minimum absolute atomic E-state index is 0.0833. The molecule has 1 aliphatic rings. The number of piperazine rings is 1. The summed E-state index contributed by atoms with van der Waals surface area (Å²) in [5.74, 6) is 0. The van der Waals surface area contributed by atoms with E-state index in [1.165, 1.54) is 12.1 Å². The minimum Gasteiger partial charge on any atom is -0.368 e. The second-order valence-corrected chi connectivity index (χ2v) is 4.47. The molecule has 6 heteroatoms. The van der Waals surface area contributed by atoms with Gasteiger partial charge in [0, 0.05) is 31.4 Å². The van der Waals surface area contributed by atoms with Gasteiger partial charge in [-0.2, -0.15) is 18.4 Å². The van der Waals surface area contributed by atoms with Crippen LogP contribution in [0, 0.1) is 11.3 Å². The zero-order chi connectivity index (χ0) is 13.9. The summed E-state index contributed by atoms with van der Waals surface area (Å²) in [5, 5.41) is 11.8. The Morgan fingerprint density at radius 2 is 2.11 bits per heavy atom. The molecule has 1 aliphatic heterocycles. The summed E-state index contributed by atoms with van der Waals surface area (Å²) in [6, 6.07) is 7.53. The van der Waals surface area contributed by atoms with E-state index in [1.807, 2.05) is 6.07 Å². The molecule has 1 aromatic rings. The van der Waals surface area contributed by atoms with Crippen LogP contribution < -0.4 is 10.2 Å². The monoisotopic (exact) mass is 269 g/mol. The molecule has 19 heavy (non-hydrogen) atoms. The van der Waals surface area contributed by atoms with Crippen molar-refractivity contribution in [1.82, 2.24) is 5.32 Å². The number of nitrogens with one attached hydrogen (secondary N) is 1. The lowest BCUT2D eigenvalue weighted by Crippen LogP contribution is -2.51. The number of hydrogen-bond acceptors (Lipinski definition) is 3. The molecule has 1 fully saturated rings. The molecule has 0 amide bonds. The van der Waals surface area contributed by atoms with Crippen molar-refractivity contribution in [3.8, 4) is 6.07 Å². The number of nitrogens with zero attached hydrogens (tertiary/aromatic N) is 2. The summed E-state index contributed by atoms with van der Waals surface area (Å²) in [5.41, 5.74) is -0.424. The molecule has 1 heterocycles. The van der Waals surface area contributed by atoms with Crippen LogP contribution in [0.1, 0.15) is 12.0 Å². The van der Waals surface area contributed by atoms with Crippen molar-refractivity contribution in [2.24, 2.45) is 0 Å². The topological polar surface area (TPSA) is 39.1 Å². The summed E-state index contributed by atoms with van der Waals surface area (Å²) >= 11 is 0. The van der Waals surface area contributed by atoms with Gasteiger partial charge in [-0.15, -0.1) is 0 Å². The summed E-state index contributed by atoms with van der Waals surface area (Å²) in [6.45, 7) is 1.51. The van der Waals surface area contributed by atoms with E-state index in [2.05, 4.69) is 5.32 Å². The largest absolute Gasteiger partial charge is 0.418 e. The summed E-state index contributed by atoms with van der Waals surface area (Å²) < 4.78 is 38.9. The third kappa shape index (κ3) is 3.18. The van der Waals surface area contributed by atoms with Gasteiger partial charge >= 0.3 is 6.18 Å². The first-order chi connectivity index (χ1) is 9.02. The van der Waals surface area contributed by atoms with Crippen LogP contribution in [-0.4, -0.2) is 25.7 Å². The number of hydrogen-bond donors (Lipinski definition) is 1. The molecule has 1 aromatic carbocycles. The van der Waals surface area contributed by atoms with E-state index in [0.29, 0.717) is 26.1 Å². The van der Waals surface area contributed by atoms with Crippen LogP contribution in [-0.2, 0) is 6.18 Å². The zero-order valence-corrected chi connectivity index (χ0v) is 10.2. The predicted molar refractivity (Wildman–Crippen MR) is 65.7 cm³/mol. The van der Waals surface area contributed by atoms with Crippen LogP contribution in [0.4, 0.5) is 18.9 Å². The first-order valence-corrected chi connectivity index (χ1v) is 6.04. The van der Waals surface area contributed by atoms with Gasteiger partial charge in [0.05, 0.1) is 18.1 Å². The van der Waals surface area contributed by atoms with Gasteiger partial charge in [-0.3, -0.25) is 0 Å². The molecule has 1 unspecified atom stereocenters. The van der Waals surface area contributed by atoms with E-state index in [1.54, 1.807) is 11.0 Å². The molecule has 0 spiro atoms. The molecule has 1 N–H and O–H groups in total. The SMILES string of the molecule is N#CCC1CN(c2ccccc2C(F)(F)F)CCN1. The van der Waals surface area contributed by atoms with Crippen molar-refractivity contribution < 1.29 is 13.2 Å². The maximum atomic E-state index is 13.0. The highest BCUT2D eigenvalue weighted by Gasteiger charge is 2.35. The quantitative estimate of drug-likeness (QED) is 0.896. The Hall–Kier alpha value is -1.74. The number of para-hydroxylation sites is 1. The molecule has 0 bridgehead atoms. The molecule has 1 saturated heterocycles. The summed E-state index contributed by atoms with van der Waals surface area (Å²) in [7, 11) is 0. The number of benzene rings is 1. The van der Waals surface area contributed by atoms with Gasteiger partial charge in [-0.05, 0) is 12.1 Å². The highest BCUT2D eigenvalue weighted by atomic mass is 19.4. The van der Waals surface area contributed by atoms with E-state index >= 15 is 0 Å². The lowest BCUT2D eigenvalue weighted by molar-refractivity contribution is -0.137. The lowest BCUT2D eigenvalue weighted by atomic mass is 10.1. The lowest BCUT2D eigenvalue weighted by Gasteiger charge is -2.35. The molecular weight excluding hydrogens is 255 g/mol. The van der Waals surface area contributed by atoms with Crippen LogP contribution in [0.15, 0.2) is 24.3 Å². The van der Waals surface area contributed by atoms with Gasteiger partial charge < -0.3 is 10.2 Å². The fourth-order valence-electron chi connectivity index (χ4n) is 2.28. The second-order valence-electron chi connectivity index (χ2n) is 4.47. The summed E-state index contributed by atoms with van der Waals surface area (Å²) in [6.07, 6.45) is -4.06. The number of halogens is 3. The first-order valence-electron chi connectivity index (χ1n) is 6.04. The van der Waals surface area contributed by atoms with Crippen molar-refractivity contribution in [3.05, 3.63) is 29.8 Å². The molecule has 0 saturated carbocycles. The fraction of sp³-hybridized carbons (Fsp3) is 0.462. The number of anilines is 1. The van der Waals surface area contributed by atoms with Crippen LogP contribution >= 0.6 is 0 Å². The third-order valence-corrected chi connectivity index (χ3v) is 3.14. The van der Waals surface area contributed by atoms with Gasteiger partial charge in [0.25, 0.3) is 0 Å². The summed E-state index contributed by atoms with van der Waals surface area (Å²) in [4.78, 5) is 1.70. The molecule has 2 rings (SSSR count). The maximum Gasteiger partial charge on any atom is 0.418 e. The van der Waals surface area contributed by atoms with E-state index < -0.39 is 11.7 Å². The van der Waals surface area contributed by atoms with Gasteiger partial charge in [-0.1, -0.05) is 12.1 Å². The first kappa shape index (κ1) is 13.7. The average Bonchev–Trinajstić information content (AvgIpc) is 2.38. The van der Waals surface area contributed by atoms with Crippen molar-refractivity contribution >= 4 is 5.69 Å². The average molecular weight is 269 g/mol. The van der Waals surface area contributed by atoms with E-state index in [9.17, 15) is 13.2 Å². The van der Waals surface area contributed by atoms with Crippen LogP contribution in [0.3, 0.4) is 0 Å². The molecule has 3 nitrogen and oxygen atoms in total. The van der Waals surface area contributed by atoms with Crippen LogP contribution in [0.25, 0.3) is 0 Å². The van der Waals surface area contributed by atoms with Gasteiger partial charge in [-0.25, -0.2) is 0 Å². The number of alkyl halides is 3. The molecule has 0 radical (unpaired) electrons. The highest BCUT2D eigenvalue weighted by molar-refractivity contribution is 5.55. The van der Waals surface area contributed by atoms with Gasteiger partial charge in [0.2, 0.25) is 0 Å². The van der Waals surface area contributed by atoms with Crippen LogP contribution in [0.5, 0.6) is 0 Å². The Balaban J connectivity index is 2.24.